The Morgan fingerprint density at radius 2 is 1.36 bits per heavy atom. The van der Waals surface area contributed by atoms with Crippen molar-refractivity contribution in [2.24, 2.45) is 0 Å². The number of benzene rings is 2. The Labute approximate surface area is 137 Å². The first-order chi connectivity index (χ1) is 10.9. The molecule has 0 aliphatic heterocycles. The van der Waals surface area contributed by atoms with Gasteiger partial charge >= 0.3 is 0 Å². The van der Waals surface area contributed by atoms with Crippen LogP contribution in [0.25, 0.3) is 0 Å². The van der Waals surface area contributed by atoms with Crippen molar-refractivity contribution < 1.29 is 4.43 Å². The molecule has 0 saturated heterocycles. The van der Waals surface area contributed by atoms with Gasteiger partial charge in [0.25, 0.3) is 0 Å². The molecule has 0 atom stereocenters. The molecule has 0 aromatic heterocycles. The molecule has 0 saturated carbocycles. The van der Waals surface area contributed by atoms with Crippen LogP contribution in [0, 0.1) is 0 Å². The number of hydrogen-bond donors (Lipinski definition) is 0. The second-order valence-corrected chi connectivity index (χ2v) is 6.25. The Balaban J connectivity index is 1.98. The van der Waals surface area contributed by atoms with Gasteiger partial charge in [0, 0.05) is 6.61 Å². The van der Waals surface area contributed by atoms with Crippen molar-refractivity contribution in [3.63, 3.8) is 0 Å². The zero-order valence-corrected chi connectivity index (χ0v) is 15.5. The van der Waals surface area contributed by atoms with Gasteiger partial charge in [-0.2, -0.15) is 0 Å². The van der Waals surface area contributed by atoms with Crippen molar-refractivity contribution >= 4 is 10.5 Å². The maximum absolute atomic E-state index is 5.26. The fourth-order valence-corrected chi connectivity index (χ4v) is 2.91. The first-order valence-corrected chi connectivity index (χ1v) is 8.95. The zero-order valence-electron chi connectivity index (χ0n) is 13.5. The molecule has 0 N–H and O–H groups in total. The van der Waals surface area contributed by atoms with Crippen molar-refractivity contribution in [1.29, 1.82) is 0 Å². The normalized spacial score (nSPS) is 10.5. The van der Waals surface area contributed by atoms with Crippen LogP contribution in [-0.2, 0) is 17.3 Å². The van der Waals surface area contributed by atoms with Gasteiger partial charge in [0.1, 0.15) is 10.5 Å². The minimum Gasteiger partial charge on any atom is -0.428 e. The van der Waals surface area contributed by atoms with Crippen molar-refractivity contribution in [1.82, 2.24) is 0 Å². The molecule has 1 nitrogen and oxygen atoms in total. The fourth-order valence-electron chi connectivity index (χ4n) is 2.62. The Hall–Kier alpha value is -1.64. The summed E-state index contributed by atoms with van der Waals surface area (Å²) in [4.78, 5) is 0. The molecule has 0 aliphatic carbocycles. The van der Waals surface area contributed by atoms with E-state index in [-0.39, 0.29) is 0 Å². The standard InChI is InChI=1S/C20H26OSi/c22-21-15-9-3-8-14-20(16-18-10-4-1-5-11-18)17-19-12-6-2-7-13-19/h1-2,4-7,10-14H,3,8-9,15-17H2,22H3. The average molecular weight is 311 g/mol. The van der Waals surface area contributed by atoms with Crippen LogP contribution in [0.15, 0.2) is 72.3 Å². The third-order valence-electron chi connectivity index (χ3n) is 3.78. The molecule has 0 bridgehead atoms. The van der Waals surface area contributed by atoms with Crippen molar-refractivity contribution in [2.45, 2.75) is 32.1 Å². The Kier molecular flexibility index (Phi) is 7.71. The summed E-state index contributed by atoms with van der Waals surface area (Å²) in [6.07, 6.45) is 8.08. The van der Waals surface area contributed by atoms with Gasteiger partial charge in [-0.25, -0.2) is 0 Å². The maximum atomic E-state index is 5.26. The summed E-state index contributed by atoms with van der Waals surface area (Å²) in [7, 11) is 0.856. The van der Waals surface area contributed by atoms with Gasteiger partial charge in [-0.05, 0) is 43.2 Å². The molecule has 0 fully saturated rings. The van der Waals surface area contributed by atoms with Crippen LogP contribution in [0.3, 0.4) is 0 Å². The lowest BCUT2D eigenvalue weighted by Crippen LogP contribution is -1.96. The molecule has 116 valence electrons. The lowest BCUT2D eigenvalue weighted by molar-refractivity contribution is 0.337. The topological polar surface area (TPSA) is 9.23 Å². The molecule has 22 heavy (non-hydrogen) atoms. The Morgan fingerprint density at radius 3 is 1.86 bits per heavy atom. The highest BCUT2D eigenvalue weighted by molar-refractivity contribution is 5.97. The lowest BCUT2D eigenvalue weighted by Gasteiger charge is -2.09. The molecule has 0 unspecified atom stereocenters. The van der Waals surface area contributed by atoms with E-state index in [1.54, 1.807) is 0 Å². The van der Waals surface area contributed by atoms with Crippen LogP contribution in [0.2, 0.25) is 0 Å². The van der Waals surface area contributed by atoms with Crippen molar-refractivity contribution in [2.75, 3.05) is 6.61 Å². The smallest absolute Gasteiger partial charge is 0.145 e. The lowest BCUT2D eigenvalue weighted by atomic mass is 9.97. The predicted molar refractivity (Wildman–Crippen MR) is 98.1 cm³/mol. The molecular formula is C20H26OSi. The minimum absolute atomic E-state index is 0.856. The first-order valence-electron chi connectivity index (χ1n) is 8.13. The van der Waals surface area contributed by atoms with E-state index < -0.39 is 0 Å². The summed E-state index contributed by atoms with van der Waals surface area (Å²) in [5, 5.41) is 0. The summed E-state index contributed by atoms with van der Waals surface area (Å²) in [5.74, 6) is 0. The van der Waals surface area contributed by atoms with E-state index >= 15 is 0 Å². The molecule has 2 rings (SSSR count). The SMILES string of the molecule is [SiH3]OCCCCC=C(Cc1ccccc1)Cc1ccccc1. The van der Waals surface area contributed by atoms with Crippen LogP contribution < -0.4 is 0 Å². The monoisotopic (exact) mass is 310 g/mol. The summed E-state index contributed by atoms with van der Waals surface area (Å²) in [6.45, 7) is 0.923. The molecule has 0 radical (unpaired) electrons. The van der Waals surface area contributed by atoms with Gasteiger partial charge < -0.3 is 4.43 Å². The summed E-state index contributed by atoms with van der Waals surface area (Å²) < 4.78 is 5.26. The van der Waals surface area contributed by atoms with E-state index in [2.05, 4.69) is 66.7 Å². The minimum atomic E-state index is 0.856. The number of unbranched alkanes of at least 4 members (excludes halogenated alkanes) is 2. The largest absolute Gasteiger partial charge is 0.428 e. The van der Waals surface area contributed by atoms with Crippen LogP contribution in [0.5, 0.6) is 0 Å². The second-order valence-electron chi connectivity index (χ2n) is 5.68. The van der Waals surface area contributed by atoms with Crippen LogP contribution in [-0.4, -0.2) is 17.1 Å². The van der Waals surface area contributed by atoms with Crippen LogP contribution >= 0.6 is 0 Å². The molecule has 0 aliphatic rings. The molecule has 2 aromatic rings. The maximum Gasteiger partial charge on any atom is 0.145 e. The van der Waals surface area contributed by atoms with Crippen molar-refractivity contribution in [3.8, 4) is 0 Å². The molecule has 2 aromatic carbocycles. The number of hydrogen-bond acceptors (Lipinski definition) is 1. The highest BCUT2D eigenvalue weighted by atomic mass is 28.2. The van der Waals surface area contributed by atoms with Gasteiger partial charge in [-0.1, -0.05) is 72.3 Å². The summed E-state index contributed by atoms with van der Waals surface area (Å²) in [5.41, 5.74) is 4.31. The zero-order chi connectivity index (χ0) is 15.5. The number of rotatable bonds is 9. The molecular weight excluding hydrogens is 284 g/mol. The predicted octanol–water partition coefficient (Wildman–Crippen LogP) is 3.87. The quantitative estimate of drug-likeness (QED) is 0.388. The van der Waals surface area contributed by atoms with Gasteiger partial charge in [0.2, 0.25) is 0 Å². The van der Waals surface area contributed by atoms with Gasteiger partial charge in [0.05, 0.1) is 0 Å². The average Bonchev–Trinajstić information content (AvgIpc) is 2.56. The summed E-state index contributed by atoms with van der Waals surface area (Å²) in [6, 6.07) is 21.5. The van der Waals surface area contributed by atoms with Gasteiger partial charge in [-0.15, -0.1) is 0 Å². The second kappa shape index (κ2) is 10.1. The molecule has 0 amide bonds. The first kappa shape index (κ1) is 16.7. The molecule has 0 spiro atoms. The Morgan fingerprint density at radius 1 is 0.818 bits per heavy atom. The fraction of sp³-hybridized carbons (Fsp3) is 0.300. The van der Waals surface area contributed by atoms with Crippen molar-refractivity contribution in [3.05, 3.63) is 83.4 Å². The van der Waals surface area contributed by atoms with E-state index in [4.69, 9.17) is 4.43 Å². The van der Waals surface area contributed by atoms with E-state index in [1.165, 1.54) is 29.5 Å². The Bertz CT molecular complexity index is 505. The third-order valence-corrected chi connectivity index (χ3v) is 4.19. The van der Waals surface area contributed by atoms with Gasteiger partial charge in [-0.3, -0.25) is 0 Å². The third kappa shape index (κ3) is 6.42. The van der Waals surface area contributed by atoms with E-state index in [0.717, 1.165) is 36.4 Å². The van der Waals surface area contributed by atoms with E-state index in [1.807, 2.05) is 0 Å². The van der Waals surface area contributed by atoms with E-state index in [0.29, 0.717) is 0 Å². The number of allylic oxidation sites excluding steroid dienone is 2. The van der Waals surface area contributed by atoms with Crippen LogP contribution in [0.1, 0.15) is 30.4 Å². The highest BCUT2D eigenvalue weighted by Crippen LogP contribution is 2.15. The highest BCUT2D eigenvalue weighted by Gasteiger charge is 2.02. The van der Waals surface area contributed by atoms with E-state index in [9.17, 15) is 0 Å². The molecule has 2 heteroatoms. The van der Waals surface area contributed by atoms with Gasteiger partial charge in [0.15, 0.2) is 0 Å². The summed E-state index contributed by atoms with van der Waals surface area (Å²) >= 11 is 0. The van der Waals surface area contributed by atoms with Crippen LogP contribution in [0.4, 0.5) is 0 Å². The molecule has 0 heterocycles.